The van der Waals surface area contributed by atoms with E-state index in [-0.39, 0.29) is 0 Å². The predicted molar refractivity (Wildman–Crippen MR) is 134 cm³/mol. The summed E-state index contributed by atoms with van der Waals surface area (Å²) >= 11 is 0. The van der Waals surface area contributed by atoms with Gasteiger partial charge in [-0.25, -0.2) is 0 Å². The zero-order valence-electron chi connectivity index (χ0n) is 22.4. The van der Waals surface area contributed by atoms with E-state index in [4.69, 9.17) is 0 Å². The number of rotatable bonds is 2. The van der Waals surface area contributed by atoms with Gasteiger partial charge in [-0.05, 0) is 127 Å². The predicted octanol–water partition coefficient (Wildman–Crippen LogP) is 9.52. The Kier molecular flexibility index (Phi) is 5.15. The van der Waals surface area contributed by atoms with E-state index in [9.17, 15) is 0 Å². The van der Waals surface area contributed by atoms with Crippen molar-refractivity contribution in [1.82, 2.24) is 0 Å². The highest BCUT2D eigenvalue weighted by Gasteiger charge is 2.70. The number of fused-ring (bicyclic) bond motifs is 7. The highest BCUT2D eigenvalue weighted by molar-refractivity contribution is 5.19. The Labute approximate surface area is 195 Å². The third-order valence-electron chi connectivity index (χ3n) is 14.1. The number of hydrogen-bond acceptors (Lipinski definition) is 0. The van der Waals surface area contributed by atoms with E-state index in [1.807, 2.05) is 0 Å². The van der Waals surface area contributed by atoms with Gasteiger partial charge in [-0.2, -0.15) is 0 Å². The van der Waals surface area contributed by atoms with Crippen molar-refractivity contribution in [1.29, 1.82) is 0 Å². The fourth-order valence-electron chi connectivity index (χ4n) is 12.3. The van der Waals surface area contributed by atoms with Crippen molar-refractivity contribution >= 4 is 0 Å². The van der Waals surface area contributed by atoms with Gasteiger partial charge in [-0.15, -0.1) is 0 Å². The molecular weight excluding hydrogens is 372 g/mol. The minimum absolute atomic E-state index is 0.560. The molecule has 5 aliphatic rings. The van der Waals surface area contributed by atoms with Gasteiger partial charge in [0, 0.05) is 0 Å². The summed E-state index contributed by atoms with van der Waals surface area (Å²) in [5, 5.41) is 0. The second-order valence-corrected chi connectivity index (χ2v) is 15.2. The summed E-state index contributed by atoms with van der Waals surface area (Å²) in [6.45, 7) is 21.4. The SMILES string of the molecule is CCC(C)C1CC[C@@]2(C)C1CC[C@]1(C)C2CCC2[C@@]3(C)CCCC(C)(C)C3CC[C@]21C. The van der Waals surface area contributed by atoms with E-state index in [0.29, 0.717) is 27.1 Å². The highest BCUT2D eigenvalue weighted by atomic mass is 14.7. The molecule has 0 amide bonds. The quantitative estimate of drug-likeness (QED) is 0.412. The smallest absolute Gasteiger partial charge is 0.0235 e. The van der Waals surface area contributed by atoms with Crippen LogP contribution < -0.4 is 0 Å². The summed E-state index contributed by atoms with van der Waals surface area (Å²) in [6.07, 6.45) is 18.1. The summed E-state index contributed by atoms with van der Waals surface area (Å²) < 4.78 is 0. The molecular formula is C31H54. The maximum Gasteiger partial charge on any atom is -0.0235 e. The van der Waals surface area contributed by atoms with Gasteiger partial charge in [-0.1, -0.05) is 68.2 Å². The topological polar surface area (TPSA) is 0 Å². The molecule has 5 fully saturated rings. The van der Waals surface area contributed by atoms with Crippen LogP contribution in [-0.4, -0.2) is 0 Å². The van der Waals surface area contributed by atoms with Crippen LogP contribution in [0.2, 0.25) is 0 Å². The Morgan fingerprint density at radius 2 is 1.26 bits per heavy atom. The summed E-state index contributed by atoms with van der Waals surface area (Å²) in [6, 6.07) is 0. The summed E-state index contributed by atoms with van der Waals surface area (Å²) in [4.78, 5) is 0. The Morgan fingerprint density at radius 3 is 1.90 bits per heavy atom. The Balaban J connectivity index is 1.50. The molecule has 6 unspecified atom stereocenters. The van der Waals surface area contributed by atoms with Gasteiger partial charge in [0.15, 0.2) is 0 Å². The molecule has 0 nitrogen and oxygen atoms in total. The second-order valence-electron chi connectivity index (χ2n) is 15.2. The summed E-state index contributed by atoms with van der Waals surface area (Å²) in [5.41, 5.74) is 2.91. The first-order valence-electron chi connectivity index (χ1n) is 14.4. The molecule has 10 atom stereocenters. The van der Waals surface area contributed by atoms with Crippen LogP contribution in [0.1, 0.15) is 132 Å². The standard InChI is InChI=1S/C31H54/c1-9-21(2)22-13-18-28(5)23(22)14-19-30(7)25(28)11-12-26-29(6)17-10-16-27(3,4)24(29)15-20-31(26,30)8/h21-26H,9-20H2,1-8H3/t21?,22?,23?,24?,25?,26?,28-,29-,30+,31+/m0/s1. The normalized spacial score (nSPS) is 56.7. The third-order valence-corrected chi connectivity index (χ3v) is 14.1. The van der Waals surface area contributed by atoms with Gasteiger partial charge in [0.2, 0.25) is 0 Å². The first-order valence-corrected chi connectivity index (χ1v) is 14.4. The lowest BCUT2D eigenvalue weighted by Gasteiger charge is -2.73. The fraction of sp³-hybridized carbons (Fsp3) is 1.00. The van der Waals surface area contributed by atoms with Crippen LogP contribution in [-0.2, 0) is 0 Å². The molecule has 0 heterocycles. The molecule has 5 aliphatic carbocycles. The van der Waals surface area contributed by atoms with Crippen LogP contribution in [0, 0.1) is 62.6 Å². The zero-order chi connectivity index (χ0) is 22.4. The van der Waals surface area contributed by atoms with Gasteiger partial charge in [-0.3, -0.25) is 0 Å². The Hall–Kier alpha value is 0. The first kappa shape index (κ1) is 22.8. The van der Waals surface area contributed by atoms with E-state index in [1.165, 1.54) is 70.6 Å². The Morgan fingerprint density at radius 1 is 0.645 bits per heavy atom. The number of hydrogen-bond donors (Lipinski definition) is 0. The fourth-order valence-corrected chi connectivity index (χ4v) is 12.3. The van der Waals surface area contributed by atoms with Crippen molar-refractivity contribution in [2.24, 2.45) is 62.6 Å². The maximum absolute atomic E-state index is 2.82. The molecule has 178 valence electrons. The second kappa shape index (κ2) is 7.01. The molecule has 5 saturated carbocycles. The van der Waals surface area contributed by atoms with Crippen LogP contribution in [0.5, 0.6) is 0 Å². The summed E-state index contributed by atoms with van der Waals surface area (Å²) in [7, 11) is 0. The van der Waals surface area contributed by atoms with Crippen LogP contribution in [0.4, 0.5) is 0 Å². The molecule has 0 N–H and O–H groups in total. The van der Waals surface area contributed by atoms with Gasteiger partial charge >= 0.3 is 0 Å². The summed E-state index contributed by atoms with van der Waals surface area (Å²) in [5.74, 6) is 5.86. The van der Waals surface area contributed by atoms with Crippen molar-refractivity contribution in [3.8, 4) is 0 Å². The lowest BCUT2D eigenvalue weighted by molar-refractivity contribution is -0.241. The van der Waals surface area contributed by atoms with Gasteiger partial charge in [0.25, 0.3) is 0 Å². The van der Waals surface area contributed by atoms with Crippen molar-refractivity contribution in [2.75, 3.05) is 0 Å². The molecule has 0 aliphatic heterocycles. The Bertz CT molecular complexity index is 705. The third kappa shape index (κ3) is 2.78. The van der Waals surface area contributed by atoms with Crippen molar-refractivity contribution in [3.05, 3.63) is 0 Å². The van der Waals surface area contributed by atoms with E-state index in [2.05, 4.69) is 55.4 Å². The van der Waals surface area contributed by atoms with Gasteiger partial charge in [0.1, 0.15) is 0 Å². The van der Waals surface area contributed by atoms with E-state index < -0.39 is 0 Å². The van der Waals surface area contributed by atoms with E-state index in [1.54, 1.807) is 6.42 Å². The molecule has 0 aromatic heterocycles. The average Bonchev–Trinajstić information content (AvgIpc) is 3.04. The van der Waals surface area contributed by atoms with Crippen molar-refractivity contribution in [2.45, 2.75) is 132 Å². The minimum atomic E-state index is 0.560. The monoisotopic (exact) mass is 426 g/mol. The van der Waals surface area contributed by atoms with Crippen molar-refractivity contribution in [3.63, 3.8) is 0 Å². The molecule has 0 aromatic rings. The van der Waals surface area contributed by atoms with E-state index in [0.717, 1.165) is 35.5 Å². The van der Waals surface area contributed by atoms with Gasteiger partial charge < -0.3 is 0 Å². The molecule has 0 radical (unpaired) electrons. The minimum Gasteiger partial charge on any atom is -0.0651 e. The largest absolute Gasteiger partial charge is 0.0651 e. The van der Waals surface area contributed by atoms with Crippen LogP contribution in [0.3, 0.4) is 0 Å². The van der Waals surface area contributed by atoms with Crippen LogP contribution in [0.15, 0.2) is 0 Å². The van der Waals surface area contributed by atoms with Crippen molar-refractivity contribution < 1.29 is 0 Å². The molecule has 0 aromatic carbocycles. The lowest BCUT2D eigenvalue weighted by Crippen LogP contribution is -2.65. The first-order chi connectivity index (χ1) is 14.4. The lowest BCUT2D eigenvalue weighted by atomic mass is 9.32. The molecule has 0 bridgehead atoms. The van der Waals surface area contributed by atoms with Gasteiger partial charge in [0.05, 0.1) is 0 Å². The molecule has 0 saturated heterocycles. The molecule has 31 heavy (non-hydrogen) atoms. The zero-order valence-corrected chi connectivity index (χ0v) is 22.4. The van der Waals surface area contributed by atoms with E-state index >= 15 is 0 Å². The molecule has 5 rings (SSSR count). The molecule has 0 heteroatoms. The maximum atomic E-state index is 2.82. The molecule has 0 spiro atoms. The van der Waals surface area contributed by atoms with Crippen LogP contribution >= 0.6 is 0 Å². The van der Waals surface area contributed by atoms with Crippen LogP contribution in [0.25, 0.3) is 0 Å². The average molecular weight is 427 g/mol. The highest BCUT2D eigenvalue weighted by Crippen LogP contribution is 2.78.